The first-order chi connectivity index (χ1) is 5.38. The molecule has 0 aliphatic carbocycles. The Labute approximate surface area is 72.5 Å². The molecule has 0 fully saturated rings. The summed E-state index contributed by atoms with van der Waals surface area (Å²) in [4.78, 5) is 0. The molecule has 0 amide bonds. The van der Waals surface area contributed by atoms with Gasteiger partial charge in [-0.15, -0.1) is 11.6 Å². The predicted molar refractivity (Wildman–Crippen MR) is 50.8 cm³/mol. The third-order valence-corrected chi connectivity index (χ3v) is 1.92. The first-order valence-electron chi connectivity index (χ1n) is 3.65. The van der Waals surface area contributed by atoms with E-state index >= 15 is 0 Å². The fourth-order valence-electron chi connectivity index (χ4n) is 0.973. The van der Waals surface area contributed by atoms with Crippen molar-refractivity contribution in [3.05, 3.63) is 42.0 Å². The van der Waals surface area contributed by atoms with Crippen LogP contribution in [0.5, 0.6) is 0 Å². The van der Waals surface area contributed by atoms with Crippen molar-refractivity contribution in [1.29, 1.82) is 0 Å². The number of benzene rings is 1. The molecule has 0 bridgehead atoms. The van der Waals surface area contributed by atoms with Gasteiger partial charge in [-0.3, -0.25) is 0 Å². The van der Waals surface area contributed by atoms with E-state index in [-0.39, 0.29) is 0 Å². The summed E-state index contributed by atoms with van der Waals surface area (Å²) in [5.41, 5.74) is 2.40. The zero-order chi connectivity index (χ0) is 8.10. The van der Waals surface area contributed by atoms with Crippen LogP contribution >= 0.6 is 11.6 Å². The Balaban J connectivity index is 2.92. The zero-order valence-corrected chi connectivity index (χ0v) is 7.31. The lowest BCUT2D eigenvalue weighted by Crippen LogP contribution is -1.83. The molecule has 11 heavy (non-hydrogen) atoms. The van der Waals surface area contributed by atoms with E-state index in [2.05, 4.69) is 12.1 Å². The molecule has 1 rings (SSSR count). The molecule has 0 aliphatic rings. The monoisotopic (exact) mass is 166 g/mol. The van der Waals surface area contributed by atoms with Crippen LogP contribution in [0, 0.1) is 0 Å². The molecule has 0 aliphatic heterocycles. The van der Waals surface area contributed by atoms with E-state index in [1.807, 2.05) is 31.2 Å². The summed E-state index contributed by atoms with van der Waals surface area (Å²) in [7, 11) is 0. The lowest BCUT2D eigenvalue weighted by molar-refractivity contribution is 1.55. The van der Waals surface area contributed by atoms with Crippen molar-refractivity contribution in [3.8, 4) is 0 Å². The minimum absolute atomic E-state index is 0.584. The molecule has 0 nitrogen and oxygen atoms in total. The van der Waals surface area contributed by atoms with Gasteiger partial charge in [0.25, 0.3) is 0 Å². The Bertz CT molecular complexity index is 236. The fraction of sp³-hybridized carbons (Fsp3) is 0.200. The average molecular weight is 167 g/mol. The molecule has 0 heterocycles. The lowest BCUT2D eigenvalue weighted by Gasteiger charge is -2.00. The molecule has 1 aromatic rings. The first-order valence-corrected chi connectivity index (χ1v) is 4.18. The van der Waals surface area contributed by atoms with Crippen LogP contribution in [0.1, 0.15) is 12.5 Å². The topological polar surface area (TPSA) is 0 Å². The summed E-state index contributed by atoms with van der Waals surface area (Å²) in [6.45, 7) is 2.00. The van der Waals surface area contributed by atoms with Gasteiger partial charge in [0.1, 0.15) is 0 Å². The van der Waals surface area contributed by atoms with Crippen molar-refractivity contribution in [3.63, 3.8) is 0 Å². The van der Waals surface area contributed by atoms with E-state index in [0.717, 1.165) is 0 Å². The second-order valence-electron chi connectivity index (χ2n) is 2.31. The molecule has 0 radical (unpaired) electrons. The summed E-state index contributed by atoms with van der Waals surface area (Å²) in [5, 5.41) is 0. The fourth-order valence-corrected chi connectivity index (χ4v) is 1.28. The SMILES string of the molecule is C/C=C(/CCl)c1ccccc1. The molecular formula is C10H11Cl. The highest BCUT2D eigenvalue weighted by Crippen LogP contribution is 2.14. The van der Waals surface area contributed by atoms with E-state index in [1.165, 1.54) is 11.1 Å². The third kappa shape index (κ3) is 2.09. The molecular weight excluding hydrogens is 156 g/mol. The molecule has 0 atom stereocenters. The number of hydrogen-bond donors (Lipinski definition) is 0. The van der Waals surface area contributed by atoms with E-state index in [1.54, 1.807) is 0 Å². The highest BCUT2D eigenvalue weighted by Gasteiger charge is 1.95. The van der Waals surface area contributed by atoms with Gasteiger partial charge < -0.3 is 0 Å². The molecule has 1 aromatic carbocycles. The summed E-state index contributed by atoms with van der Waals surface area (Å²) >= 11 is 5.73. The number of allylic oxidation sites excluding steroid dienone is 2. The van der Waals surface area contributed by atoms with Crippen molar-refractivity contribution >= 4 is 17.2 Å². The van der Waals surface area contributed by atoms with E-state index in [4.69, 9.17) is 11.6 Å². The van der Waals surface area contributed by atoms with E-state index < -0.39 is 0 Å². The Morgan fingerprint density at radius 2 is 2.00 bits per heavy atom. The van der Waals surface area contributed by atoms with Crippen LogP contribution in [-0.2, 0) is 0 Å². The quantitative estimate of drug-likeness (QED) is 0.592. The smallest absolute Gasteiger partial charge is 0.0476 e. The predicted octanol–water partition coefficient (Wildman–Crippen LogP) is 3.33. The largest absolute Gasteiger partial charge is 0.122 e. The van der Waals surface area contributed by atoms with Crippen molar-refractivity contribution < 1.29 is 0 Å². The molecule has 1 heteroatoms. The van der Waals surface area contributed by atoms with Gasteiger partial charge in [-0.25, -0.2) is 0 Å². The van der Waals surface area contributed by atoms with Crippen molar-refractivity contribution in [2.45, 2.75) is 6.92 Å². The first kappa shape index (κ1) is 8.35. The summed E-state index contributed by atoms with van der Waals surface area (Å²) in [6.07, 6.45) is 2.04. The molecule has 58 valence electrons. The minimum atomic E-state index is 0.584. The van der Waals surface area contributed by atoms with E-state index in [0.29, 0.717) is 5.88 Å². The highest BCUT2D eigenvalue weighted by molar-refractivity contribution is 6.23. The zero-order valence-electron chi connectivity index (χ0n) is 6.55. The summed E-state index contributed by atoms with van der Waals surface area (Å²) in [6, 6.07) is 10.2. The van der Waals surface area contributed by atoms with Crippen LogP contribution in [0.4, 0.5) is 0 Å². The highest BCUT2D eigenvalue weighted by atomic mass is 35.5. The Hall–Kier alpha value is -0.750. The molecule has 0 unspecified atom stereocenters. The van der Waals surface area contributed by atoms with Gasteiger partial charge in [0, 0.05) is 5.88 Å². The van der Waals surface area contributed by atoms with Crippen LogP contribution in [0.2, 0.25) is 0 Å². The maximum absolute atomic E-state index is 5.73. The molecule has 0 saturated carbocycles. The van der Waals surface area contributed by atoms with Gasteiger partial charge in [-0.1, -0.05) is 36.4 Å². The van der Waals surface area contributed by atoms with Gasteiger partial charge in [0.05, 0.1) is 0 Å². The van der Waals surface area contributed by atoms with Gasteiger partial charge in [-0.2, -0.15) is 0 Å². The standard InChI is InChI=1S/C10H11Cl/c1-2-9(8-11)10-6-4-3-5-7-10/h2-7H,8H2,1H3/b9-2-. The van der Waals surface area contributed by atoms with Gasteiger partial charge in [-0.05, 0) is 18.1 Å². The lowest BCUT2D eigenvalue weighted by atomic mass is 10.1. The van der Waals surface area contributed by atoms with Crippen molar-refractivity contribution in [2.24, 2.45) is 0 Å². The van der Waals surface area contributed by atoms with Gasteiger partial charge in [0.2, 0.25) is 0 Å². The second kappa shape index (κ2) is 4.20. The van der Waals surface area contributed by atoms with Crippen LogP contribution in [0.25, 0.3) is 5.57 Å². The Kier molecular flexibility index (Phi) is 3.18. The Morgan fingerprint density at radius 3 is 2.45 bits per heavy atom. The molecule has 0 aromatic heterocycles. The average Bonchev–Trinajstić information content (AvgIpc) is 2.09. The van der Waals surface area contributed by atoms with Crippen LogP contribution in [0.15, 0.2) is 36.4 Å². The van der Waals surface area contributed by atoms with Gasteiger partial charge >= 0.3 is 0 Å². The summed E-state index contributed by atoms with van der Waals surface area (Å²) < 4.78 is 0. The van der Waals surface area contributed by atoms with E-state index in [9.17, 15) is 0 Å². The van der Waals surface area contributed by atoms with Crippen LogP contribution < -0.4 is 0 Å². The Morgan fingerprint density at radius 1 is 1.36 bits per heavy atom. The summed E-state index contributed by atoms with van der Waals surface area (Å²) in [5.74, 6) is 0.584. The molecule has 0 saturated heterocycles. The van der Waals surface area contributed by atoms with Crippen molar-refractivity contribution in [2.75, 3.05) is 5.88 Å². The normalized spacial score (nSPS) is 11.6. The van der Waals surface area contributed by atoms with Crippen LogP contribution in [0.3, 0.4) is 0 Å². The minimum Gasteiger partial charge on any atom is -0.122 e. The number of rotatable bonds is 2. The number of hydrogen-bond acceptors (Lipinski definition) is 0. The number of halogens is 1. The molecule has 0 N–H and O–H groups in total. The third-order valence-electron chi connectivity index (χ3n) is 1.64. The van der Waals surface area contributed by atoms with Crippen molar-refractivity contribution in [1.82, 2.24) is 0 Å². The maximum Gasteiger partial charge on any atom is 0.0476 e. The maximum atomic E-state index is 5.73. The van der Waals surface area contributed by atoms with Crippen LogP contribution in [-0.4, -0.2) is 5.88 Å². The molecule has 0 spiro atoms. The second-order valence-corrected chi connectivity index (χ2v) is 2.58. The van der Waals surface area contributed by atoms with Gasteiger partial charge in [0.15, 0.2) is 0 Å². The number of alkyl halides is 1.